The lowest BCUT2D eigenvalue weighted by atomic mass is 10.0. The Balaban J connectivity index is 2.45. The molecule has 2 rings (SSSR count). The number of rotatable bonds is 4. The molecule has 6 heteroatoms. The second-order valence-electron chi connectivity index (χ2n) is 4.26. The number of alkyl halides is 1. The van der Waals surface area contributed by atoms with Crippen molar-refractivity contribution in [3.05, 3.63) is 58.9 Å². The fourth-order valence-corrected chi connectivity index (χ4v) is 2.56. The summed E-state index contributed by atoms with van der Waals surface area (Å²) in [5, 5.41) is 0. The number of benzene rings is 2. The molecule has 0 aliphatic rings. The van der Waals surface area contributed by atoms with E-state index in [9.17, 15) is 13.2 Å². The number of methoxy groups -OCH3 is 2. The second-order valence-corrected chi connectivity index (χ2v) is 5.18. The van der Waals surface area contributed by atoms with E-state index in [1.165, 1.54) is 14.2 Å². The van der Waals surface area contributed by atoms with E-state index in [-0.39, 0.29) is 5.56 Å². The van der Waals surface area contributed by atoms with Gasteiger partial charge in [-0.2, -0.15) is 0 Å². The smallest absolute Gasteiger partial charge is 0.161 e. The summed E-state index contributed by atoms with van der Waals surface area (Å²) in [4.78, 5) is -0.646. The van der Waals surface area contributed by atoms with Crippen LogP contribution in [0.1, 0.15) is 16.0 Å². The molecule has 2 aromatic rings. The SMILES string of the molecule is COc1ccc(C(Br)c2cc(F)c(F)cc2F)cc1OC. The van der Waals surface area contributed by atoms with Gasteiger partial charge in [0.2, 0.25) is 0 Å². The Hall–Kier alpha value is -1.69. The van der Waals surface area contributed by atoms with Gasteiger partial charge in [0, 0.05) is 11.6 Å². The monoisotopic (exact) mass is 360 g/mol. The molecule has 112 valence electrons. The normalized spacial score (nSPS) is 12.1. The third-order valence-electron chi connectivity index (χ3n) is 3.01. The second kappa shape index (κ2) is 6.39. The van der Waals surface area contributed by atoms with E-state index in [4.69, 9.17) is 9.47 Å². The molecule has 21 heavy (non-hydrogen) atoms. The lowest BCUT2D eigenvalue weighted by Gasteiger charge is -2.15. The standard InChI is InChI=1S/C15H12BrF3O2/c1-20-13-4-3-8(5-14(13)21-2)15(16)9-6-11(18)12(19)7-10(9)17/h3-7,15H,1-2H3. The molecule has 0 aliphatic heterocycles. The number of hydrogen-bond donors (Lipinski definition) is 0. The van der Waals surface area contributed by atoms with Gasteiger partial charge in [-0.3, -0.25) is 0 Å². The van der Waals surface area contributed by atoms with E-state index in [0.717, 1.165) is 6.07 Å². The highest BCUT2D eigenvalue weighted by Crippen LogP contribution is 2.37. The summed E-state index contributed by atoms with van der Waals surface area (Å²) >= 11 is 3.29. The summed E-state index contributed by atoms with van der Waals surface area (Å²) in [5.41, 5.74) is 0.624. The minimum atomic E-state index is -1.22. The van der Waals surface area contributed by atoms with Crippen LogP contribution < -0.4 is 9.47 Å². The molecule has 0 N–H and O–H groups in total. The fraction of sp³-hybridized carbons (Fsp3) is 0.200. The first-order chi connectivity index (χ1) is 9.97. The van der Waals surface area contributed by atoms with Crippen LogP contribution in [0.2, 0.25) is 0 Å². The Morgan fingerprint density at radius 3 is 2.10 bits per heavy atom. The molecule has 1 atom stereocenters. The Morgan fingerprint density at radius 2 is 1.48 bits per heavy atom. The van der Waals surface area contributed by atoms with Crippen molar-refractivity contribution in [1.29, 1.82) is 0 Å². The van der Waals surface area contributed by atoms with E-state index in [1.54, 1.807) is 18.2 Å². The molecule has 0 aliphatic carbocycles. The van der Waals surface area contributed by atoms with Crippen LogP contribution in [0.3, 0.4) is 0 Å². The maximum atomic E-state index is 13.8. The van der Waals surface area contributed by atoms with Crippen LogP contribution in [0.15, 0.2) is 30.3 Å². The maximum Gasteiger partial charge on any atom is 0.161 e. The van der Waals surface area contributed by atoms with Gasteiger partial charge in [-0.25, -0.2) is 13.2 Å². The minimum absolute atomic E-state index is 0.00104. The van der Waals surface area contributed by atoms with Crippen LogP contribution in [-0.2, 0) is 0 Å². The molecular formula is C15H12BrF3O2. The minimum Gasteiger partial charge on any atom is -0.493 e. The van der Waals surface area contributed by atoms with Gasteiger partial charge >= 0.3 is 0 Å². The zero-order valence-corrected chi connectivity index (χ0v) is 12.9. The van der Waals surface area contributed by atoms with Gasteiger partial charge in [-0.15, -0.1) is 0 Å². The molecule has 2 aromatic carbocycles. The maximum absolute atomic E-state index is 13.8. The van der Waals surface area contributed by atoms with Gasteiger partial charge in [-0.05, 0) is 23.8 Å². The van der Waals surface area contributed by atoms with Crippen LogP contribution in [0, 0.1) is 17.5 Å². The van der Waals surface area contributed by atoms with Gasteiger partial charge < -0.3 is 9.47 Å². The van der Waals surface area contributed by atoms with E-state index < -0.39 is 22.3 Å². The van der Waals surface area contributed by atoms with Gasteiger partial charge in [0.05, 0.1) is 19.0 Å². The van der Waals surface area contributed by atoms with Gasteiger partial charge in [-0.1, -0.05) is 22.0 Å². The summed E-state index contributed by atoms with van der Waals surface area (Å²) in [5.74, 6) is -2.17. The lowest BCUT2D eigenvalue weighted by Crippen LogP contribution is -2.01. The van der Waals surface area contributed by atoms with Crippen molar-refractivity contribution in [1.82, 2.24) is 0 Å². The van der Waals surface area contributed by atoms with Crippen LogP contribution >= 0.6 is 15.9 Å². The Morgan fingerprint density at radius 1 is 0.857 bits per heavy atom. The highest BCUT2D eigenvalue weighted by atomic mass is 79.9. The van der Waals surface area contributed by atoms with Crippen molar-refractivity contribution in [3.63, 3.8) is 0 Å². The molecule has 1 unspecified atom stereocenters. The molecule has 0 saturated heterocycles. The van der Waals surface area contributed by atoms with Crippen molar-refractivity contribution in [3.8, 4) is 11.5 Å². The molecule has 2 nitrogen and oxygen atoms in total. The van der Waals surface area contributed by atoms with Crippen molar-refractivity contribution < 1.29 is 22.6 Å². The predicted molar refractivity (Wildman–Crippen MR) is 76.6 cm³/mol. The van der Waals surface area contributed by atoms with Crippen molar-refractivity contribution in [2.24, 2.45) is 0 Å². The average molecular weight is 361 g/mol. The summed E-state index contributed by atoms with van der Waals surface area (Å²) in [7, 11) is 2.97. The van der Waals surface area contributed by atoms with Crippen molar-refractivity contribution in [2.75, 3.05) is 14.2 Å². The number of halogens is 4. The molecule has 0 saturated carbocycles. The van der Waals surface area contributed by atoms with Crippen molar-refractivity contribution >= 4 is 15.9 Å². The Labute approximate surface area is 128 Å². The molecular weight excluding hydrogens is 349 g/mol. The molecule has 0 aromatic heterocycles. The van der Waals surface area contributed by atoms with E-state index >= 15 is 0 Å². The first-order valence-electron chi connectivity index (χ1n) is 5.98. The van der Waals surface area contributed by atoms with Crippen molar-refractivity contribution in [2.45, 2.75) is 4.83 Å². The molecule has 0 spiro atoms. The van der Waals surface area contributed by atoms with Gasteiger partial charge in [0.25, 0.3) is 0 Å². The Bertz CT molecular complexity index is 662. The zero-order chi connectivity index (χ0) is 15.6. The first kappa shape index (κ1) is 15.7. The van der Waals surface area contributed by atoms with Crippen LogP contribution in [0.4, 0.5) is 13.2 Å². The Kier molecular flexibility index (Phi) is 4.77. The summed E-state index contributed by atoms with van der Waals surface area (Å²) in [6.07, 6.45) is 0. The molecule has 0 heterocycles. The lowest BCUT2D eigenvalue weighted by molar-refractivity contribution is 0.354. The summed E-state index contributed by atoms with van der Waals surface area (Å²) in [6, 6.07) is 6.33. The average Bonchev–Trinajstić information content (AvgIpc) is 2.49. The predicted octanol–water partition coefficient (Wildman–Crippen LogP) is 4.61. The van der Waals surface area contributed by atoms with Crippen LogP contribution in [0.5, 0.6) is 11.5 Å². The topological polar surface area (TPSA) is 18.5 Å². The molecule has 0 radical (unpaired) electrons. The molecule has 0 fully saturated rings. The largest absolute Gasteiger partial charge is 0.493 e. The van der Waals surface area contributed by atoms with E-state index in [1.807, 2.05) is 0 Å². The zero-order valence-electron chi connectivity index (χ0n) is 11.3. The fourth-order valence-electron chi connectivity index (χ4n) is 1.92. The van der Waals surface area contributed by atoms with Gasteiger partial charge in [0.15, 0.2) is 23.1 Å². The van der Waals surface area contributed by atoms with E-state index in [2.05, 4.69) is 15.9 Å². The molecule has 0 amide bonds. The first-order valence-corrected chi connectivity index (χ1v) is 6.90. The number of hydrogen-bond acceptors (Lipinski definition) is 2. The van der Waals surface area contributed by atoms with E-state index in [0.29, 0.717) is 23.1 Å². The third kappa shape index (κ3) is 3.15. The summed E-state index contributed by atoms with van der Waals surface area (Å²) in [6.45, 7) is 0. The number of ether oxygens (including phenoxy) is 2. The van der Waals surface area contributed by atoms with Crippen LogP contribution in [-0.4, -0.2) is 14.2 Å². The highest BCUT2D eigenvalue weighted by molar-refractivity contribution is 9.09. The quantitative estimate of drug-likeness (QED) is 0.585. The molecule has 0 bridgehead atoms. The third-order valence-corrected chi connectivity index (χ3v) is 4.03. The van der Waals surface area contributed by atoms with Gasteiger partial charge in [0.1, 0.15) is 5.82 Å². The highest BCUT2D eigenvalue weighted by Gasteiger charge is 2.19. The summed E-state index contributed by atoms with van der Waals surface area (Å²) < 4.78 is 50.3. The van der Waals surface area contributed by atoms with Crippen LogP contribution in [0.25, 0.3) is 0 Å².